The fourth-order valence-corrected chi connectivity index (χ4v) is 1.48. The quantitative estimate of drug-likeness (QED) is 0.345. The molecule has 68 valence electrons. The lowest BCUT2D eigenvalue weighted by molar-refractivity contribution is 0.510. The molecule has 12 heavy (non-hydrogen) atoms. The van der Waals surface area contributed by atoms with Crippen LogP contribution in [0.2, 0.25) is 0 Å². The molecule has 1 aliphatic rings. The highest BCUT2D eigenvalue weighted by molar-refractivity contribution is 5.91. The van der Waals surface area contributed by atoms with Crippen LogP contribution in [0.15, 0.2) is 10.2 Å². The second-order valence-electron chi connectivity index (χ2n) is 3.81. The Morgan fingerprint density at radius 1 is 1.42 bits per heavy atom. The van der Waals surface area contributed by atoms with Gasteiger partial charge < -0.3 is 11.5 Å². The summed E-state index contributed by atoms with van der Waals surface area (Å²) in [5.41, 5.74) is 11.6. The number of nitrogens with two attached hydrogens (primary N) is 2. The topological polar surface area (TPSA) is 76.8 Å². The van der Waals surface area contributed by atoms with Crippen LogP contribution >= 0.6 is 0 Å². The molecule has 1 saturated carbocycles. The molecule has 0 aromatic carbocycles. The van der Waals surface area contributed by atoms with E-state index in [2.05, 4.69) is 24.1 Å². The summed E-state index contributed by atoms with van der Waals surface area (Å²) in [6.07, 6.45) is 3.38. The molecule has 4 N–H and O–H groups in total. The minimum Gasteiger partial charge on any atom is -0.369 e. The van der Waals surface area contributed by atoms with Crippen molar-refractivity contribution in [1.29, 1.82) is 0 Å². The van der Waals surface area contributed by atoms with Crippen LogP contribution in [0.3, 0.4) is 0 Å². The van der Waals surface area contributed by atoms with Gasteiger partial charge in [-0.2, -0.15) is 5.10 Å². The minimum atomic E-state index is 0.0326. The van der Waals surface area contributed by atoms with Crippen LogP contribution < -0.4 is 11.5 Å². The van der Waals surface area contributed by atoms with Gasteiger partial charge in [-0.25, -0.2) is 0 Å². The zero-order valence-corrected chi connectivity index (χ0v) is 7.67. The van der Waals surface area contributed by atoms with Gasteiger partial charge in [-0.1, -0.05) is 13.8 Å². The smallest absolute Gasteiger partial charge is 0.211 e. The van der Waals surface area contributed by atoms with Gasteiger partial charge in [-0.05, 0) is 19.3 Å². The molecule has 0 saturated heterocycles. The van der Waals surface area contributed by atoms with Crippen molar-refractivity contribution in [1.82, 2.24) is 0 Å². The van der Waals surface area contributed by atoms with Gasteiger partial charge in [0.25, 0.3) is 0 Å². The van der Waals surface area contributed by atoms with Gasteiger partial charge in [-0.15, -0.1) is 5.10 Å². The van der Waals surface area contributed by atoms with Crippen LogP contribution in [-0.4, -0.2) is 11.7 Å². The maximum absolute atomic E-state index is 5.18. The van der Waals surface area contributed by atoms with Gasteiger partial charge in [0.15, 0.2) is 0 Å². The molecule has 1 fully saturated rings. The molecule has 4 heteroatoms. The molecular formula is C8H16N4. The standard InChI is InChI=1S/C8H16N4/c1-8(2)5-3-4-6(8)11-12-7(9)10/h3-5H2,1-2H3,(H4,9,10,12)/b11-6+. The van der Waals surface area contributed by atoms with Crippen molar-refractivity contribution < 1.29 is 0 Å². The Morgan fingerprint density at radius 3 is 2.50 bits per heavy atom. The molecular weight excluding hydrogens is 152 g/mol. The monoisotopic (exact) mass is 168 g/mol. The average Bonchev–Trinajstić information content (AvgIpc) is 2.25. The van der Waals surface area contributed by atoms with Crippen molar-refractivity contribution in [2.24, 2.45) is 27.1 Å². The third kappa shape index (κ3) is 1.96. The Labute approximate surface area is 72.7 Å². The summed E-state index contributed by atoms with van der Waals surface area (Å²) in [6.45, 7) is 4.34. The predicted octanol–water partition coefficient (Wildman–Crippen LogP) is 0.826. The maximum Gasteiger partial charge on any atom is 0.211 e. The van der Waals surface area contributed by atoms with Gasteiger partial charge in [0.1, 0.15) is 0 Å². The van der Waals surface area contributed by atoms with Crippen LogP contribution in [0.25, 0.3) is 0 Å². The van der Waals surface area contributed by atoms with E-state index in [1.807, 2.05) is 0 Å². The Morgan fingerprint density at radius 2 is 2.08 bits per heavy atom. The zero-order valence-electron chi connectivity index (χ0n) is 7.67. The van der Waals surface area contributed by atoms with Crippen LogP contribution in [0.4, 0.5) is 0 Å². The fraction of sp³-hybridized carbons (Fsp3) is 0.750. The highest BCUT2D eigenvalue weighted by atomic mass is 15.3. The summed E-state index contributed by atoms with van der Waals surface area (Å²) in [7, 11) is 0. The van der Waals surface area contributed by atoms with Crippen molar-refractivity contribution in [3.8, 4) is 0 Å². The lowest BCUT2D eigenvalue weighted by Crippen LogP contribution is -2.23. The highest BCUT2D eigenvalue weighted by Crippen LogP contribution is 2.34. The van der Waals surface area contributed by atoms with Gasteiger partial charge in [-0.3, -0.25) is 0 Å². The molecule has 1 rings (SSSR count). The fourth-order valence-electron chi connectivity index (χ4n) is 1.48. The van der Waals surface area contributed by atoms with E-state index in [4.69, 9.17) is 11.5 Å². The predicted molar refractivity (Wildman–Crippen MR) is 50.9 cm³/mol. The van der Waals surface area contributed by atoms with E-state index in [0.717, 1.165) is 12.1 Å². The number of nitrogens with zero attached hydrogens (tertiary/aromatic N) is 2. The Kier molecular flexibility index (Phi) is 2.35. The van der Waals surface area contributed by atoms with E-state index in [9.17, 15) is 0 Å². The molecule has 1 aliphatic carbocycles. The van der Waals surface area contributed by atoms with Crippen molar-refractivity contribution in [2.75, 3.05) is 0 Å². The minimum absolute atomic E-state index is 0.0326. The molecule has 0 atom stereocenters. The number of hydrogen-bond acceptors (Lipinski definition) is 2. The summed E-state index contributed by atoms with van der Waals surface area (Å²) >= 11 is 0. The van der Waals surface area contributed by atoms with E-state index in [1.54, 1.807) is 0 Å². The van der Waals surface area contributed by atoms with Gasteiger partial charge in [0.2, 0.25) is 5.96 Å². The summed E-state index contributed by atoms with van der Waals surface area (Å²) < 4.78 is 0. The molecule has 0 radical (unpaired) electrons. The molecule has 0 amide bonds. The highest BCUT2D eigenvalue weighted by Gasteiger charge is 2.30. The molecule has 0 aromatic heterocycles. The van der Waals surface area contributed by atoms with E-state index < -0.39 is 0 Å². The largest absolute Gasteiger partial charge is 0.369 e. The second kappa shape index (κ2) is 3.13. The third-order valence-corrected chi connectivity index (χ3v) is 2.28. The number of guanidine groups is 1. The summed E-state index contributed by atoms with van der Waals surface area (Å²) in [5, 5.41) is 7.69. The first-order valence-electron chi connectivity index (χ1n) is 4.18. The third-order valence-electron chi connectivity index (χ3n) is 2.28. The van der Waals surface area contributed by atoms with Crippen molar-refractivity contribution in [3.63, 3.8) is 0 Å². The lowest BCUT2D eigenvalue weighted by atomic mass is 9.90. The van der Waals surface area contributed by atoms with E-state index in [0.29, 0.717) is 0 Å². The van der Waals surface area contributed by atoms with E-state index in [1.165, 1.54) is 12.8 Å². The van der Waals surface area contributed by atoms with E-state index >= 15 is 0 Å². The Hall–Kier alpha value is -1.06. The number of hydrogen-bond donors (Lipinski definition) is 2. The van der Waals surface area contributed by atoms with Crippen LogP contribution in [0.1, 0.15) is 33.1 Å². The molecule has 0 bridgehead atoms. The van der Waals surface area contributed by atoms with Crippen molar-refractivity contribution in [3.05, 3.63) is 0 Å². The molecule has 0 heterocycles. The first-order valence-corrected chi connectivity index (χ1v) is 4.18. The van der Waals surface area contributed by atoms with Crippen LogP contribution in [0.5, 0.6) is 0 Å². The molecule has 0 spiro atoms. The molecule has 0 unspecified atom stereocenters. The Bertz CT molecular complexity index is 223. The summed E-state index contributed by atoms with van der Waals surface area (Å²) in [4.78, 5) is 0. The maximum atomic E-state index is 5.18. The molecule has 0 aliphatic heterocycles. The SMILES string of the molecule is CC1(C)CCC/C1=N\N=C(N)N. The Balaban J connectivity index is 2.75. The summed E-state index contributed by atoms with van der Waals surface area (Å²) in [6, 6.07) is 0. The van der Waals surface area contributed by atoms with Gasteiger partial charge in [0.05, 0.1) is 0 Å². The normalized spacial score (nSPS) is 24.3. The van der Waals surface area contributed by atoms with Crippen LogP contribution in [0, 0.1) is 5.41 Å². The van der Waals surface area contributed by atoms with Crippen molar-refractivity contribution in [2.45, 2.75) is 33.1 Å². The zero-order chi connectivity index (χ0) is 9.19. The lowest BCUT2D eigenvalue weighted by Gasteiger charge is -2.16. The molecule has 0 aromatic rings. The summed E-state index contributed by atoms with van der Waals surface area (Å²) in [5.74, 6) is 0.0326. The number of rotatable bonds is 1. The van der Waals surface area contributed by atoms with E-state index in [-0.39, 0.29) is 11.4 Å². The van der Waals surface area contributed by atoms with Crippen molar-refractivity contribution >= 4 is 11.7 Å². The van der Waals surface area contributed by atoms with Gasteiger partial charge in [0, 0.05) is 11.1 Å². The molecule has 4 nitrogen and oxygen atoms in total. The van der Waals surface area contributed by atoms with Gasteiger partial charge >= 0.3 is 0 Å². The van der Waals surface area contributed by atoms with Crippen LogP contribution in [-0.2, 0) is 0 Å². The first kappa shape index (κ1) is 9.03. The average molecular weight is 168 g/mol. The first-order chi connectivity index (χ1) is 5.52. The second-order valence-corrected chi connectivity index (χ2v) is 3.81.